The molecule has 0 fully saturated rings. The Morgan fingerprint density at radius 2 is 1.58 bits per heavy atom. The maximum atomic E-state index is 13.3. The lowest BCUT2D eigenvalue weighted by Gasteiger charge is -2.12. The fourth-order valence-corrected chi connectivity index (χ4v) is 5.23. The van der Waals surface area contributed by atoms with Crippen LogP contribution in [0.4, 0.5) is 0 Å². The molecule has 0 atom stereocenters. The van der Waals surface area contributed by atoms with Crippen LogP contribution in [-0.4, -0.2) is 15.9 Å². The molecule has 1 heterocycles. The van der Waals surface area contributed by atoms with Gasteiger partial charge in [-0.2, -0.15) is 9.78 Å². The van der Waals surface area contributed by atoms with E-state index < -0.39 is 0 Å². The highest BCUT2D eigenvalue weighted by Crippen LogP contribution is 2.35. The van der Waals surface area contributed by atoms with Crippen molar-refractivity contribution in [3.05, 3.63) is 126 Å². The SMILES string of the molecule is O=c1c2ccccc2nc(-c2ccccc2)n1N=Cc1cc(Br)c(OCc2ccc(Cl)cc2)c(Br)c1. The Balaban J connectivity index is 1.49. The number of hydrogen-bond donors (Lipinski definition) is 0. The molecule has 0 amide bonds. The number of para-hydroxylation sites is 1. The maximum Gasteiger partial charge on any atom is 0.282 e. The van der Waals surface area contributed by atoms with Gasteiger partial charge >= 0.3 is 0 Å². The van der Waals surface area contributed by atoms with E-state index >= 15 is 0 Å². The molecule has 0 aliphatic carbocycles. The van der Waals surface area contributed by atoms with Crippen LogP contribution in [0.1, 0.15) is 11.1 Å². The Hall–Kier alpha value is -3.26. The second kappa shape index (κ2) is 10.8. The van der Waals surface area contributed by atoms with Gasteiger partial charge < -0.3 is 4.74 Å². The Bertz CT molecular complexity index is 1610. The van der Waals surface area contributed by atoms with E-state index in [4.69, 9.17) is 21.3 Å². The third-order valence-electron chi connectivity index (χ3n) is 5.43. The molecule has 0 aliphatic heterocycles. The average Bonchev–Trinajstić information content (AvgIpc) is 2.89. The number of aromatic nitrogens is 2. The molecule has 0 bridgehead atoms. The van der Waals surface area contributed by atoms with E-state index in [1.54, 1.807) is 12.3 Å². The molecule has 0 saturated heterocycles. The summed E-state index contributed by atoms with van der Waals surface area (Å²) in [5.74, 6) is 1.13. The van der Waals surface area contributed by atoms with Gasteiger partial charge in [0.25, 0.3) is 5.56 Å². The van der Waals surface area contributed by atoms with Crippen LogP contribution in [0.2, 0.25) is 5.02 Å². The van der Waals surface area contributed by atoms with Crippen LogP contribution in [-0.2, 0) is 6.61 Å². The summed E-state index contributed by atoms with van der Waals surface area (Å²) in [5, 5.41) is 5.72. The molecule has 5 aromatic rings. The zero-order valence-electron chi connectivity index (χ0n) is 18.7. The number of rotatable bonds is 6. The lowest BCUT2D eigenvalue weighted by Crippen LogP contribution is -2.20. The predicted octanol–water partition coefficient (Wildman–Crippen LogP) is 7.70. The first-order valence-corrected chi connectivity index (χ1v) is 12.9. The number of benzene rings is 4. The number of nitrogens with zero attached hydrogens (tertiary/aromatic N) is 3. The molecule has 0 N–H and O–H groups in total. The Morgan fingerprint density at radius 1 is 0.917 bits per heavy atom. The fourth-order valence-electron chi connectivity index (χ4n) is 3.66. The second-order valence-electron chi connectivity index (χ2n) is 7.91. The number of halogens is 3. The Kier molecular flexibility index (Phi) is 7.32. The minimum atomic E-state index is -0.239. The second-order valence-corrected chi connectivity index (χ2v) is 10.1. The molecule has 8 heteroatoms. The normalized spacial score (nSPS) is 11.3. The predicted molar refractivity (Wildman–Crippen MR) is 152 cm³/mol. The highest BCUT2D eigenvalue weighted by atomic mass is 79.9. The van der Waals surface area contributed by atoms with E-state index in [0.29, 0.717) is 34.1 Å². The van der Waals surface area contributed by atoms with Gasteiger partial charge in [0.05, 0.1) is 26.1 Å². The lowest BCUT2D eigenvalue weighted by molar-refractivity contribution is 0.302. The van der Waals surface area contributed by atoms with Crippen molar-refractivity contribution >= 4 is 60.6 Å². The van der Waals surface area contributed by atoms with Gasteiger partial charge in [0.2, 0.25) is 0 Å². The maximum absolute atomic E-state index is 13.3. The highest BCUT2D eigenvalue weighted by molar-refractivity contribution is 9.11. The zero-order valence-corrected chi connectivity index (χ0v) is 22.7. The van der Waals surface area contributed by atoms with Crippen LogP contribution < -0.4 is 10.3 Å². The van der Waals surface area contributed by atoms with Gasteiger partial charge in [0.15, 0.2) is 5.82 Å². The van der Waals surface area contributed by atoms with Crippen molar-refractivity contribution in [2.24, 2.45) is 5.10 Å². The van der Waals surface area contributed by atoms with Crippen molar-refractivity contribution < 1.29 is 4.74 Å². The largest absolute Gasteiger partial charge is 0.487 e. The van der Waals surface area contributed by atoms with Crippen LogP contribution in [0.5, 0.6) is 5.75 Å². The topological polar surface area (TPSA) is 56.5 Å². The van der Waals surface area contributed by atoms with Crippen LogP contribution in [0.25, 0.3) is 22.3 Å². The van der Waals surface area contributed by atoms with Crippen molar-refractivity contribution in [2.45, 2.75) is 6.61 Å². The monoisotopic (exact) mass is 621 g/mol. The molecule has 0 unspecified atom stereocenters. The molecule has 0 radical (unpaired) electrons. The molecular weight excluding hydrogens is 606 g/mol. The molecular formula is C28H18Br2ClN3O2. The van der Waals surface area contributed by atoms with Crippen LogP contribution in [0, 0.1) is 0 Å². The smallest absolute Gasteiger partial charge is 0.282 e. The third-order valence-corrected chi connectivity index (χ3v) is 6.86. The summed E-state index contributed by atoms with van der Waals surface area (Å²) in [6, 6.07) is 28.1. The molecule has 0 saturated carbocycles. The number of hydrogen-bond acceptors (Lipinski definition) is 4. The van der Waals surface area contributed by atoms with Gasteiger partial charge in [-0.25, -0.2) is 4.98 Å². The first-order chi connectivity index (χ1) is 17.5. The van der Waals surface area contributed by atoms with Crippen LogP contribution >= 0.6 is 43.5 Å². The standard InChI is InChI=1S/C28H18Br2ClN3O2/c29-23-14-19(15-24(30)26(23)36-17-18-10-12-21(31)13-11-18)16-32-34-27(20-6-2-1-3-7-20)33-25-9-5-4-8-22(25)28(34)35/h1-16H,17H2. The van der Waals surface area contributed by atoms with Crippen molar-refractivity contribution in [3.8, 4) is 17.1 Å². The minimum absolute atomic E-state index is 0.239. The van der Waals surface area contributed by atoms with Crippen LogP contribution in [0.15, 0.2) is 110 Å². The molecule has 0 spiro atoms. The summed E-state index contributed by atoms with van der Waals surface area (Å²) in [5.41, 5.74) is 2.95. The van der Waals surface area contributed by atoms with Crippen molar-refractivity contribution in [1.82, 2.24) is 9.66 Å². The van der Waals surface area contributed by atoms with Crippen molar-refractivity contribution in [2.75, 3.05) is 0 Å². The lowest BCUT2D eigenvalue weighted by atomic mass is 10.2. The van der Waals surface area contributed by atoms with Gasteiger partial charge in [-0.3, -0.25) is 4.79 Å². The summed E-state index contributed by atoms with van der Waals surface area (Å²) < 4.78 is 8.85. The number of fused-ring (bicyclic) bond motifs is 1. The molecule has 0 aliphatic rings. The summed E-state index contributed by atoms with van der Waals surface area (Å²) in [7, 11) is 0. The van der Waals surface area contributed by atoms with E-state index in [1.165, 1.54) is 4.68 Å². The van der Waals surface area contributed by atoms with Gasteiger partial charge in [0, 0.05) is 10.6 Å². The molecule has 4 aromatic carbocycles. The fraction of sp³-hybridized carbons (Fsp3) is 0.0357. The Labute approximate surface area is 229 Å². The molecule has 36 heavy (non-hydrogen) atoms. The average molecular weight is 624 g/mol. The van der Waals surface area contributed by atoms with Gasteiger partial charge in [-0.1, -0.05) is 66.2 Å². The van der Waals surface area contributed by atoms with Gasteiger partial charge in [-0.15, -0.1) is 0 Å². The van der Waals surface area contributed by atoms with E-state index in [9.17, 15) is 4.79 Å². The highest BCUT2D eigenvalue weighted by Gasteiger charge is 2.13. The number of ether oxygens (including phenoxy) is 1. The summed E-state index contributed by atoms with van der Waals surface area (Å²) >= 11 is 13.1. The minimum Gasteiger partial charge on any atom is -0.487 e. The summed E-state index contributed by atoms with van der Waals surface area (Å²) in [6.45, 7) is 0.389. The first-order valence-electron chi connectivity index (χ1n) is 11.0. The molecule has 1 aromatic heterocycles. The molecule has 5 nitrogen and oxygen atoms in total. The van der Waals surface area contributed by atoms with Crippen LogP contribution in [0.3, 0.4) is 0 Å². The molecule has 178 valence electrons. The van der Waals surface area contributed by atoms with Gasteiger partial charge in [-0.05, 0) is 79.4 Å². The van der Waals surface area contributed by atoms with E-state index in [0.717, 1.165) is 25.6 Å². The van der Waals surface area contributed by atoms with E-state index in [-0.39, 0.29) is 5.56 Å². The Morgan fingerprint density at radius 3 is 2.31 bits per heavy atom. The summed E-state index contributed by atoms with van der Waals surface area (Å²) in [4.78, 5) is 18.1. The van der Waals surface area contributed by atoms with Crippen molar-refractivity contribution in [1.29, 1.82) is 0 Å². The first kappa shape index (κ1) is 24.4. The third kappa shape index (κ3) is 5.28. The zero-order chi connectivity index (χ0) is 25.1. The van der Waals surface area contributed by atoms with Gasteiger partial charge in [0.1, 0.15) is 12.4 Å². The van der Waals surface area contributed by atoms with E-state index in [2.05, 4.69) is 37.0 Å². The van der Waals surface area contributed by atoms with Crippen molar-refractivity contribution in [3.63, 3.8) is 0 Å². The summed E-state index contributed by atoms with van der Waals surface area (Å²) in [6.07, 6.45) is 1.63. The quantitative estimate of drug-likeness (QED) is 0.182. The molecule has 5 rings (SSSR count). The van der Waals surface area contributed by atoms with E-state index in [1.807, 2.05) is 84.9 Å².